The van der Waals surface area contributed by atoms with Gasteiger partial charge in [0.25, 0.3) is 5.91 Å². The molecule has 1 N–H and O–H groups in total. The summed E-state index contributed by atoms with van der Waals surface area (Å²) in [7, 11) is 0.272. The number of nitrogens with one attached hydrogen (secondary N) is 1. The first-order valence-electron chi connectivity index (χ1n) is 6.77. The molecule has 0 aliphatic heterocycles. The lowest BCUT2D eigenvalue weighted by molar-refractivity contribution is 0.102. The second-order valence-electron chi connectivity index (χ2n) is 5.28. The van der Waals surface area contributed by atoms with Crippen LogP contribution >= 0.6 is 11.6 Å². The van der Waals surface area contributed by atoms with Crippen LogP contribution in [0.25, 0.3) is 0 Å². The lowest BCUT2D eigenvalue weighted by atomic mass is 10.2. The van der Waals surface area contributed by atoms with E-state index in [9.17, 15) is 13.2 Å². The maximum Gasteiger partial charge on any atom is 0.255 e. The summed E-state index contributed by atoms with van der Waals surface area (Å²) >= 11 is 6.17. The lowest BCUT2D eigenvalue weighted by Crippen LogP contribution is -2.17. The Labute approximate surface area is 140 Å². The molecule has 0 radical (unpaired) electrons. The standard InChI is InChI=1S/C16H17ClN2O3S/c1-19(2)15-13(17)8-5-9-14(15)18-16(20)11-6-4-7-12(10-11)23(3,21)22/h4-10H,1-3H3,(H,18,20). The second kappa shape index (κ2) is 6.60. The summed E-state index contributed by atoms with van der Waals surface area (Å²) in [5, 5.41) is 3.28. The van der Waals surface area contributed by atoms with E-state index in [4.69, 9.17) is 11.6 Å². The molecule has 0 spiro atoms. The third-order valence-electron chi connectivity index (χ3n) is 3.21. The summed E-state index contributed by atoms with van der Waals surface area (Å²) < 4.78 is 23.2. The lowest BCUT2D eigenvalue weighted by Gasteiger charge is -2.19. The van der Waals surface area contributed by atoms with Crippen LogP contribution < -0.4 is 10.2 Å². The SMILES string of the molecule is CN(C)c1c(Cl)cccc1NC(=O)c1cccc(S(C)(=O)=O)c1. The molecule has 0 unspecified atom stereocenters. The summed E-state index contributed by atoms with van der Waals surface area (Å²) in [5.74, 6) is -0.402. The first-order chi connectivity index (χ1) is 10.7. The molecular weight excluding hydrogens is 336 g/mol. The van der Waals surface area contributed by atoms with Gasteiger partial charge in [0.05, 0.1) is 21.3 Å². The number of sulfone groups is 1. The third kappa shape index (κ3) is 4.03. The largest absolute Gasteiger partial charge is 0.375 e. The zero-order chi connectivity index (χ0) is 17.2. The van der Waals surface area contributed by atoms with Crippen molar-refractivity contribution in [3.05, 3.63) is 53.1 Å². The maximum absolute atomic E-state index is 12.4. The van der Waals surface area contributed by atoms with Gasteiger partial charge in [0.15, 0.2) is 9.84 Å². The van der Waals surface area contributed by atoms with E-state index < -0.39 is 15.7 Å². The predicted molar refractivity (Wildman–Crippen MR) is 93.3 cm³/mol. The van der Waals surface area contributed by atoms with Crippen molar-refractivity contribution in [1.82, 2.24) is 0 Å². The van der Waals surface area contributed by atoms with Crippen molar-refractivity contribution < 1.29 is 13.2 Å². The van der Waals surface area contributed by atoms with Crippen LogP contribution in [0.3, 0.4) is 0 Å². The van der Waals surface area contributed by atoms with E-state index in [1.807, 2.05) is 14.1 Å². The number of amides is 1. The van der Waals surface area contributed by atoms with E-state index in [1.165, 1.54) is 18.2 Å². The molecule has 0 saturated heterocycles. The Morgan fingerprint density at radius 3 is 2.39 bits per heavy atom. The Hall–Kier alpha value is -2.05. The molecular formula is C16H17ClN2O3S. The molecule has 0 heterocycles. The molecule has 5 nitrogen and oxygen atoms in total. The maximum atomic E-state index is 12.4. The quantitative estimate of drug-likeness (QED) is 0.918. The minimum atomic E-state index is -3.37. The van der Waals surface area contributed by atoms with Crippen molar-refractivity contribution in [2.24, 2.45) is 0 Å². The van der Waals surface area contributed by atoms with Gasteiger partial charge >= 0.3 is 0 Å². The number of rotatable bonds is 4. The Morgan fingerprint density at radius 2 is 1.78 bits per heavy atom. The molecule has 2 aromatic rings. The van der Waals surface area contributed by atoms with Crippen molar-refractivity contribution >= 4 is 38.7 Å². The number of hydrogen-bond donors (Lipinski definition) is 1. The van der Waals surface area contributed by atoms with Crippen LogP contribution in [0.5, 0.6) is 0 Å². The highest BCUT2D eigenvalue weighted by molar-refractivity contribution is 7.90. The van der Waals surface area contributed by atoms with Crippen LogP contribution in [-0.4, -0.2) is 34.7 Å². The number of anilines is 2. The number of carbonyl (C=O) groups is 1. The number of para-hydroxylation sites is 1. The predicted octanol–water partition coefficient (Wildman–Crippen LogP) is 3.06. The van der Waals surface area contributed by atoms with Crippen LogP contribution in [0, 0.1) is 0 Å². The first-order valence-corrected chi connectivity index (χ1v) is 9.04. The van der Waals surface area contributed by atoms with Crippen LogP contribution in [0.1, 0.15) is 10.4 Å². The number of benzene rings is 2. The third-order valence-corrected chi connectivity index (χ3v) is 4.62. The summed E-state index contributed by atoms with van der Waals surface area (Å²) in [6.07, 6.45) is 1.10. The summed E-state index contributed by atoms with van der Waals surface area (Å²) in [6, 6.07) is 11.1. The van der Waals surface area contributed by atoms with Crippen LogP contribution in [0.2, 0.25) is 5.02 Å². The zero-order valence-corrected chi connectivity index (χ0v) is 14.6. The van der Waals surface area contributed by atoms with Gasteiger partial charge in [-0.3, -0.25) is 4.79 Å². The molecule has 0 bridgehead atoms. The van der Waals surface area contributed by atoms with Crippen LogP contribution in [-0.2, 0) is 9.84 Å². The van der Waals surface area contributed by atoms with Gasteiger partial charge in [0.1, 0.15) is 0 Å². The average Bonchev–Trinajstić information content (AvgIpc) is 2.46. The molecule has 7 heteroatoms. The van der Waals surface area contributed by atoms with Gasteiger partial charge < -0.3 is 10.2 Å². The van der Waals surface area contributed by atoms with Crippen molar-refractivity contribution in [2.45, 2.75) is 4.90 Å². The molecule has 23 heavy (non-hydrogen) atoms. The van der Waals surface area contributed by atoms with E-state index in [-0.39, 0.29) is 10.5 Å². The second-order valence-corrected chi connectivity index (χ2v) is 7.71. The fraction of sp³-hybridized carbons (Fsp3) is 0.188. The first kappa shape index (κ1) is 17.3. The molecule has 122 valence electrons. The molecule has 0 aromatic heterocycles. The van der Waals surface area contributed by atoms with Gasteiger partial charge in [0, 0.05) is 25.9 Å². The Balaban J connectivity index is 2.36. The van der Waals surface area contributed by atoms with Crippen LogP contribution in [0.15, 0.2) is 47.4 Å². The van der Waals surface area contributed by atoms with Gasteiger partial charge in [-0.2, -0.15) is 0 Å². The minimum absolute atomic E-state index is 0.101. The summed E-state index contributed by atoms with van der Waals surface area (Å²) in [5.41, 5.74) is 1.50. The molecule has 0 fully saturated rings. The van der Waals surface area contributed by atoms with Gasteiger partial charge in [-0.25, -0.2) is 8.42 Å². The van der Waals surface area contributed by atoms with E-state index in [0.29, 0.717) is 16.4 Å². The van der Waals surface area contributed by atoms with E-state index in [1.54, 1.807) is 29.2 Å². The van der Waals surface area contributed by atoms with Crippen molar-refractivity contribution in [2.75, 3.05) is 30.6 Å². The van der Waals surface area contributed by atoms with Gasteiger partial charge in [-0.15, -0.1) is 0 Å². The number of halogens is 1. The molecule has 0 atom stereocenters. The zero-order valence-electron chi connectivity index (χ0n) is 13.0. The Kier molecular flexibility index (Phi) is 4.97. The van der Waals surface area contributed by atoms with E-state index >= 15 is 0 Å². The van der Waals surface area contributed by atoms with E-state index in [0.717, 1.165) is 6.26 Å². The Bertz CT molecular complexity index is 848. The highest BCUT2D eigenvalue weighted by atomic mass is 35.5. The number of hydrogen-bond acceptors (Lipinski definition) is 4. The molecule has 0 saturated carbocycles. The number of nitrogens with zero attached hydrogens (tertiary/aromatic N) is 1. The van der Waals surface area contributed by atoms with Crippen molar-refractivity contribution in [3.8, 4) is 0 Å². The fourth-order valence-corrected chi connectivity index (χ4v) is 3.14. The number of carbonyl (C=O) groups excluding carboxylic acids is 1. The van der Waals surface area contributed by atoms with Crippen molar-refractivity contribution in [3.63, 3.8) is 0 Å². The topological polar surface area (TPSA) is 66.5 Å². The van der Waals surface area contributed by atoms with E-state index in [2.05, 4.69) is 5.32 Å². The normalized spacial score (nSPS) is 11.1. The van der Waals surface area contributed by atoms with Crippen molar-refractivity contribution in [1.29, 1.82) is 0 Å². The molecule has 0 aliphatic rings. The smallest absolute Gasteiger partial charge is 0.255 e. The molecule has 2 aromatic carbocycles. The molecule has 2 rings (SSSR count). The fourth-order valence-electron chi connectivity index (χ4n) is 2.13. The highest BCUT2D eigenvalue weighted by Crippen LogP contribution is 2.32. The average molecular weight is 353 g/mol. The summed E-state index contributed by atoms with van der Waals surface area (Å²) in [6.45, 7) is 0. The summed E-state index contributed by atoms with van der Waals surface area (Å²) in [4.78, 5) is 14.3. The highest BCUT2D eigenvalue weighted by Gasteiger charge is 2.15. The molecule has 0 aliphatic carbocycles. The van der Waals surface area contributed by atoms with Gasteiger partial charge in [-0.05, 0) is 30.3 Å². The molecule has 1 amide bonds. The van der Waals surface area contributed by atoms with Gasteiger partial charge in [-0.1, -0.05) is 23.7 Å². The monoisotopic (exact) mass is 352 g/mol. The minimum Gasteiger partial charge on any atom is -0.375 e. The van der Waals surface area contributed by atoms with Crippen LogP contribution in [0.4, 0.5) is 11.4 Å². The van der Waals surface area contributed by atoms with Gasteiger partial charge in [0.2, 0.25) is 0 Å². The Morgan fingerprint density at radius 1 is 1.13 bits per heavy atom.